The van der Waals surface area contributed by atoms with Gasteiger partial charge < -0.3 is 15.7 Å². The first kappa shape index (κ1) is 20.5. The third kappa shape index (κ3) is 4.88. The van der Waals surface area contributed by atoms with Crippen LogP contribution in [0.1, 0.15) is 25.7 Å². The number of fused-ring (bicyclic) bond motifs is 1. The highest BCUT2D eigenvalue weighted by molar-refractivity contribution is 7.90. The number of aliphatic hydroxyl groups is 1. The molecule has 3 heterocycles. The number of nitrogens with one attached hydrogen (secondary N) is 2. The summed E-state index contributed by atoms with van der Waals surface area (Å²) >= 11 is 0. The molecule has 0 amide bonds. The second-order valence-corrected chi connectivity index (χ2v) is 10.0. The van der Waals surface area contributed by atoms with Crippen LogP contribution in [0.4, 0.5) is 11.6 Å². The number of pyridine rings is 1. The Bertz CT molecular complexity index is 1120. The number of nitrogens with zero attached hydrogens (tertiary/aromatic N) is 4. The van der Waals surface area contributed by atoms with Gasteiger partial charge >= 0.3 is 0 Å². The summed E-state index contributed by atoms with van der Waals surface area (Å²) in [6, 6.07) is 4.23. The molecular weight excluding hydrogens is 404 g/mol. The summed E-state index contributed by atoms with van der Waals surface area (Å²) in [5, 5.41) is 16.2. The van der Waals surface area contributed by atoms with E-state index < -0.39 is 9.84 Å². The van der Waals surface area contributed by atoms with E-state index in [1.165, 1.54) is 6.26 Å². The number of sulfone groups is 1. The van der Waals surface area contributed by atoms with Crippen LogP contribution in [-0.2, 0) is 9.84 Å². The molecule has 3 aromatic rings. The van der Waals surface area contributed by atoms with Crippen LogP contribution in [0.15, 0.2) is 36.9 Å². The molecule has 9 nitrogen and oxygen atoms in total. The summed E-state index contributed by atoms with van der Waals surface area (Å²) in [7, 11) is -3.05. The Balaban J connectivity index is 1.54. The predicted octanol–water partition coefficient (Wildman–Crippen LogP) is 1.96. The quantitative estimate of drug-likeness (QED) is 0.520. The molecule has 0 atom stereocenters. The van der Waals surface area contributed by atoms with Crippen molar-refractivity contribution in [2.24, 2.45) is 0 Å². The van der Waals surface area contributed by atoms with Crippen LogP contribution in [0.3, 0.4) is 0 Å². The lowest BCUT2D eigenvalue weighted by molar-refractivity contribution is 0.126. The predicted molar refractivity (Wildman–Crippen MR) is 116 cm³/mol. The number of hydrogen-bond donors (Lipinski definition) is 3. The van der Waals surface area contributed by atoms with Crippen molar-refractivity contribution < 1.29 is 13.5 Å². The third-order valence-corrected chi connectivity index (χ3v) is 6.24. The summed E-state index contributed by atoms with van der Waals surface area (Å²) in [6.07, 6.45) is 11.5. The van der Waals surface area contributed by atoms with Gasteiger partial charge in [0.25, 0.3) is 0 Å². The highest BCUT2D eigenvalue weighted by Gasteiger charge is 2.19. The smallest absolute Gasteiger partial charge is 0.180 e. The number of anilines is 2. The maximum Gasteiger partial charge on any atom is 0.180 e. The molecule has 10 heteroatoms. The van der Waals surface area contributed by atoms with Gasteiger partial charge in [0, 0.05) is 43.0 Å². The molecule has 1 fully saturated rings. The lowest BCUT2D eigenvalue weighted by Gasteiger charge is -2.26. The lowest BCUT2D eigenvalue weighted by atomic mass is 9.93. The summed E-state index contributed by atoms with van der Waals surface area (Å²) in [6.45, 7) is 0.271. The highest BCUT2D eigenvalue weighted by Crippen LogP contribution is 2.26. The monoisotopic (exact) mass is 430 g/mol. The normalized spacial score (nSPS) is 19.7. The van der Waals surface area contributed by atoms with Crippen molar-refractivity contribution in [3.8, 4) is 11.3 Å². The molecule has 30 heavy (non-hydrogen) atoms. The topological polar surface area (TPSA) is 122 Å². The van der Waals surface area contributed by atoms with Crippen LogP contribution in [0.25, 0.3) is 16.9 Å². The van der Waals surface area contributed by atoms with Crippen molar-refractivity contribution in [1.82, 2.24) is 19.4 Å². The van der Waals surface area contributed by atoms with Gasteiger partial charge in [-0.05, 0) is 37.8 Å². The number of aromatic nitrogens is 4. The third-order valence-electron chi connectivity index (χ3n) is 5.30. The maximum atomic E-state index is 11.4. The van der Waals surface area contributed by atoms with Crippen molar-refractivity contribution in [2.75, 3.05) is 29.2 Å². The fourth-order valence-corrected chi connectivity index (χ4v) is 4.18. The summed E-state index contributed by atoms with van der Waals surface area (Å²) in [4.78, 5) is 13.2. The van der Waals surface area contributed by atoms with Crippen molar-refractivity contribution in [3.63, 3.8) is 0 Å². The second-order valence-electron chi connectivity index (χ2n) is 7.75. The molecule has 1 saturated carbocycles. The molecule has 0 spiro atoms. The summed E-state index contributed by atoms with van der Waals surface area (Å²) < 4.78 is 24.6. The number of aliphatic hydroxyl groups excluding tert-OH is 1. The fourth-order valence-electron chi connectivity index (χ4n) is 3.71. The Morgan fingerprint density at radius 1 is 1.17 bits per heavy atom. The molecule has 0 bridgehead atoms. The van der Waals surface area contributed by atoms with Gasteiger partial charge in [0.05, 0.1) is 23.7 Å². The van der Waals surface area contributed by atoms with Crippen molar-refractivity contribution >= 4 is 27.1 Å². The van der Waals surface area contributed by atoms with E-state index in [9.17, 15) is 13.5 Å². The van der Waals surface area contributed by atoms with E-state index in [0.717, 1.165) is 42.8 Å². The highest BCUT2D eigenvalue weighted by atomic mass is 32.2. The van der Waals surface area contributed by atoms with Gasteiger partial charge in [-0.1, -0.05) is 0 Å². The Kier molecular flexibility index (Phi) is 5.87. The van der Waals surface area contributed by atoms with E-state index in [1.807, 2.05) is 22.7 Å². The Morgan fingerprint density at radius 2 is 1.97 bits per heavy atom. The van der Waals surface area contributed by atoms with Crippen LogP contribution >= 0.6 is 0 Å². The Hall–Kier alpha value is -2.72. The zero-order valence-electron chi connectivity index (χ0n) is 16.8. The first-order chi connectivity index (χ1) is 14.4. The van der Waals surface area contributed by atoms with Crippen LogP contribution in [0.2, 0.25) is 0 Å². The summed E-state index contributed by atoms with van der Waals surface area (Å²) in [5.74, 6) is 1.37. The molecular formula is C20H26N6O3S. The molecule has 0 saturated heterocycles. The standard InChI is InChI=1S/C20H26N6O3S/c1-30(28,29)11-9-23-19-20-24-13-17(26(20)10-8-22-19)14-6-7-21-18(12-14)25-15-2-4-16(27)5-3-15/h6-8,10,12-13,15-16,27H,2-5,9,11H2,1H3,(H,21,25)(H,22,23). The van der Waals surface area contributed by atoms with Crippen LogP contribution in [0, 0.1) is 0 Å². The fraction of sp³-hybridized carbons (Fsp3) is 0.450. The molecule has 4 rings (SSSR count). The van der Waals surface area contributed by atoms with E-state index in [0.29, 0.717) is 17.5 Å². The molecule has 0 aromatic carbocycles. The van der Waals surface area contributed by atoms with Gasteiger partial charge in [-0.3, -0.25) is 4.40 Å². The average Bonchev–Trinajstić information content (AvgIpc) is 3.14. The van der Waals surface area contributed by atoms with Gasteiger partial charge in [0.1, 0.15) is 15.7 Å². The number of rotatable bonds is 7. The van der Waals surface area contributed by atoms with E-state index in [1.54, 1.807) is 18.6 Å². The van der Waals surface area contributed by atoms with Gasteiger partial charge in [0.2, 0.25) is 0 Å². The SMILES string of the molecule is CS(=O)(=O)CCNc1nccn2c(-c3ccnc(NC4CCC(O)CC4)c3)cnc12. The van der Waals surface area contributed by atoms with E-state index in [-0.39, 0.29) is 18.4 Å². The minimum Gasteiger partial charge on any atom is -0.393 e. The molecule has 0 unspecified atom stereocenters. The second kappa shape index (κ2) is 8.57. The first-order valence-corrected chi connectivity index (χ1v) is 12.1. The molecule has 160 valence electrons. The largest absolute Gasteiger partial charge is 0.393 e. The first-order valence-electron chi connectivity index (χ1n) is 10.0. The van der Waals surface area contributed by atoms with Crippen molar-refractivity contribution in [2.45, 2.75) is 37.8 Å². The molecule has 0 radical (unpaired) electrons. The Morgan fingerprint density at radius 3 is 2.73 bits per heavy atom. The van der Waals surface area contributed by atoms with Gasteiger partial charge in [0.15, 0.2) is 11.5 Å². The molecule has 1 aliphatic carbocycles. The number of hydrogen-bond acceptors (Lipinski definition) is 8. The molecule has 1 aliphatic rings. The van der Waals surface area contributed by atoms with Crippen molar-refractivity contribution in [1.29, 1.82) is 0 Å². The van der Waals surface area contributed by atoms with Crippen LogP contribution in [0.5, 0.6) is 0 Å². The van der Waals surface area contributed by atoms with Gasteiger partial charge in [-0.15, -0.1) is 0 Å². The minimum atomic E-state index is -3.05. The lowest BCUT2D eigenvalue weighted by Crippen LogP contribution is -2.28. The van der Waals surface area contributed by atoms with E-state index in [4.69, 9.17) is 0 Å². The van der Waals surface area contributed by atoms with Gasteiger partial charge in [-0.25, -0.2) is 23.4 Å². The molecule has 3 N–H and O–H groups in total. The Labute approximate surface area is 175 Å². The average molecular weight is 431 g/mol. The van der Waals surface area contributed by atoms with Gasteiger partial charge in [-0.2, -0.15) is 0 Å². The van der Waals surface area contributed by atoms with Crippen LogP contribution < -0.4 is 10.6 Å². The molecule has 3 aromatic heterocycles. The minimum absolute atomic E-state index is 0.0286. The molecule has 0 aliphatic heterocycles. The zero-order chi connectivity index (χ0) is 21.1. The van der Waals surface area contributed by atoms with E-state index in [2.05, 4.69) is 25.6 Å². The van der Waals surface area contributed by atoms with Crippen molar-refractivity contribution in [3.05, 3.63) is 36.9 Å². The van der Waals surface area contributed by atoms with E-state index >= 15 is 0 Å². The number of imidazole rings is 1. The van der Waals surface area contributed by atoms with Crippen LogP contribution in [-0.4, -0.2) is 63.6 Å². The zero-order valence-corrected chi connectivity index (χ0v) is 17.6. The summed E-state index contributed by atoms with van der Waals surface area (Å²) in [5.41, 5.74) is 2.49. The maximum absolute atomic E-state index is 11.4.